The molecule has 0 heterocycles. The summed E-state index contributed by atoms with van der Waals surface area (Å²) >= 11 is 0. The molecule has 106 valence electrons. The number of sulfone groups is 1. The highest BCUT2D eigenvalue weighted by Crippen LogP contribution is 2.18. The molecule has 1 aromatic carbocycles. The summed E-state index contributed by atoms with van der Waals surface area (Å²) in [7, 11) is -3.39. The molecule has 19 heavy (non-hydrogen) atoms. The van der Waals surface area contributed by atoms with Crippen LogP contribution in [-0.4, -0.2) is 26.1 Å². The van der Waals surface area contributed by atoms with Crippen LogP contribution in [0.3, 0.4) is 0 Å². The number of carbonyl (C=O) groups is 1. The molecule has 0 aliphatic carbocycles. The van der Waals surface area contributed by atoms with Gasteiger partial charge in [-0.1, -0.05) is 26.0 Å². The van der Waals surface area contributed by atoms with Gasteiger partial charge in [0.1, 0.15) is 0 Å². The molecule has 1 rings (SSSR count). The lowest BCUT2D eigenvalue weighted by Gasteiger charge is -2.14. The maximum Gasteiger partial charge on any atom is 0.252 e. The third kappa shape index (κ3) is 4.06. The minimum atomic E-state index is -3.39. The van der Waals surface area contributed by atoms with Crippen LogP contribution in [0.2, 0.25) is 0 Å². The minimum absolute atomic E-state index is 0.0226. The number of carbonyl (C=O) groups excluding carboxylic acids is 1. The summed E-state index contributed by atoms with van der Waals surface area (Å²) in [5, 5.41) is 2.80. The average Bonchev–Trinajstić information content (AvgIpc) is 2.38. The van der Waals surface area contributed by atoms with Crippen LogP contribution in [0.4, 0.5) is 0 Å². The summed E-state index contributed by atoms with van der Waals surface area (Å²) in [6.45, 7) is 5.66. The molecule has 0 aromatic heterocycles. The van der Waals surface area contributed by atoms with E-state index < -0.39 is 9.84 Å². The number of benzene rings is 1. The third-order valence-electron chi connectivity index (χ3n) is 2.93. The molecule has 4 nitrogen and oxygen atoms in total. The molecular weight excluding hydrogens is 262 g/mol. The number of amides is 1. The van der Waals surface area contributed by atoms with Crippen molar-refractivity contribution in [1.82, 2.24) is 5.32 Å². The lowest BCUT2D eigenvalue weighted by atomic mass is 10.2. The van der Waals surface area contributed by atoms with Crippen molar-refractivity contribution >= 4 is 15.7 Å². The van der Waals surface area contributed by atoms with Crippen LogP contribution in [0.15, 0.2) is 29.2 Å². The van der Waals surface area contributed by atoms with Gasteiger partial charge in [-0.05, 0) is 31.9 Å². The van der Waals surface area contributed by atoms with Gasteiger partial charge in [-0.2, -0.15) is 0 Å². The number of nitrogens with one attached hydrogen (secondary N) is 1. The van der Waals surface area contributed by atoms with Crippen LogP contribution in [0.1, 0.15) is 44.0 Å². The van der Waals surface area contributed by atoms with E-state index in [0.29, 0.717) is 6.42 Å². The van der Waals surface area contributed by atoms with Crippen molar-refractivity contribution in [2.24, 2.45) is 0 Å². The van der Waals surface area contributed by atoms with E-state index in [4.69, 9.17) is 0 Å². The molecule has 0 aliphatic rings. The van der Waals surface area contributed by atoms with Crippen LogP contribution in [0.25, 0.3) is 0 Å². The molecule has 0 saturated heterocycles. The van der Waals surface area contributed by atoms with E-state index in [1.54, 1.807) is 25.1 Å². The van der Waals surface area contributed by atoms with Gasteiger partial charge in [0.15, 0.2) is 9.84 Å². The molecule has 1 N–H and O–H groups in total. The molecule has 5 heteroatoms. The zero-order valence-corrected chi connectivity index (χ0v) is 12.5. The quantitative estimate of drug-likeness (QED) is 0.872. The van der Waals surface area contributed by atoms with Crippen LogP contribution in [0, 0.1) is 0 Å². The lowest BCUT2D eigenvalue weighted by Crippen LogP contribution is -2.33. The second kappa shape index (κ2) is 6.70. The van der Waals surface area contributed by atoms with Crippen molar-refractivity contribution in [3.05, 3.63) is 29.8 Å². The van der Waals surface area contributed by atoms with Crippen LogP contribution in [0.5, 0.6) is 0 Å². The predicted octanol–water partition coefficient (Wildman–Crippen LogP) is 2.40. The van der Waals surface area contributed by atoms with E-state index in [9.17, 15) is 13.2 Å². The first-order valence-electron chi connectivity index (χ1n) is 6.55. The normalized spacial score (nSPS) is 13.0. The van der Waals surface area contributed by atoms with Gasteiger partial charge >= 0.3 is 0 Å². The molecule has 0 spiro atoms. The van der Waals surface area contributed by atoms with Crippen molar-refractivity contribution in [3.63, 3.8) is 0 Å². The van der Waals surface area contributed by atoms with Gasteiger partial charge < -0.3 is 5.32 Å². The molecule has 1 unspecified atom stereocenters. The first kappa shape index (κ1) is 15.7. The second-order valence-electron chi connectivity index (χ2n) is 4.60. The standard InChI is InChI=1S/C14H21NO3S/c1-4-10-19(17,18)13-9-7-6-8-12(13)14(16)15-11(3)5-2/h6-9,11H,4-5,10H2,1-3H3,(H,15,16). The number of hydrogen-bond donors (Lipinski definition) is 1. The molecule has 1 amide bonds. The van der Waals surface area contributed by atoms with Gasteiger partial charge in [0.05, 0.1) is 16.2 Å². The molecule has 0 saturated carbocycles. The third-order valence-corrected chi connectivity index (χ3v) is 4.90. The highest BCUT2D eigenvalue weighted by molar-refractivity contribution is 7.91. The van der Waals surface area contributed by atoms with Gasteiger partial charge in [0.25, 0.3) is 5.91 Å². The van der Waals surface area contributed by atoms with Crippen molar-refractivity contribution in [2.75, 3.05) is 5.75 Å². The monoisotopic (exact) mass is 283 g/mol. The maximum atomic E-state index is 12.1. The van der Waals surface area contributed by atoms with Crippen molar-refractivity contribution in [3.8, 4) is 0 Å². The summed E-state index contributed by atoms with van der Waals surface area (Å²) < 4.78 is 24.3. The Morgan fingerprint density at radius 1 is 1.26 bits per heavy atom. The lowest BCUT2D eigenvalue weighted by molar-refractivity contribution is 0.0936. The summed E-state index contributed by atoms with van der Waals surface area (Å²) in [6.07, 6.45) is 1.33. The highest BCUT2D eigenvalue weighted by Gasteiger charge is 2.21. The van der Waals surface area contributed by atoms with Gasteiger partial charge in [-0.3, -0.25) is 4.79 Å². The van der Waals surface area contributed by atoms with Crippen LogP contribution >= 0.6 is 0 Å². The average molecular weight is 283 g/mol. The Morgan fingerprint density at radius 2 is 1.89 bits per heavy atom. The fraction of sp³-hybridized carbons (Fsp3) is 0.500. The maximum absolute atomic E-state index is 12.1. The van der Waals surface area contributed by atoms with E-state index >= 15 is 0 Å². The van der Waals surface area contributed by atoms with E-state index in [2.05, 4.69) is 5.32 Å². The van der Waals surface area contributed by atoms with E-state index in [0.717, 1.165) is 6.42 Å². The van der Waals surface area contributed by atoms with Gasteiger partial charge in [-0.25, -0.2) is 8.42 Å². The summed E-state index contributed by atoms with van der Waals surface area (Å²) in [5.74, 6) is -0.273. The Bertz CT molecular complexity index is 537. The van der Waals surface area contributed by atoms with E-state index in [-0.39, 0.29) is 28.2 Å². The number of rotatable bonds is 6. The van der Waals surface area contributed by atoms with Crippen LogP contribution in [-0.2, 0) is 9.84 Å². The van der Waals surface area contributed by atoms with E-state index in [1.807, 2.05) is 13.8 Å². The molecule has 1 aromatic rings. The Labute approximate surface area is 115 Å². The molecular formula is C14H21NO3S. The number of hydrogen-bond acceptors (Lipinski definition) is 3. The molecule has 0 radical (unpaired) electrons. The first-order valence-corrected chi connectivity index (χ1v) is 8.20. The first-order chi connectivity index (χ1) is 8.92. The zero-order chi connectivity index (χ0) is 14.5. The Balaban J connectivity index is 3.13. The second-order valence-corrected chi connectivity index (χ2v) is 6.68. The van der Waals surface area contributed by atoms with Gasteiger partial charge in [0.2, 0.25) is 0 Å². The van der Waals surface area contributed by atoms with Gasteiger partial charge in [-0.15, -0.1) is 0 Å². The summed E-state index contributed by atoms with van der Waals surface area (Å²) in [6, 6.07) is 6.39. The molecule has 1 atom stereocenters. The SMILES string of the molecule is CCCS(=O)(=O)c1ccccc1C(=O)NC(C)CC. The molecule has 0 bridgehead atoms. The highest BCUT2D eigenvalue weighted by atomic mass is 32.2. The smallest absolute Gasteiger partial charge is 0.252 e. The van der Waals surface area contributed by atoms with Crippen molar-refractivity contribution in [1.29, 1.82) is 0 Å². The van der Waals surface area contributed by atoms with Gasteiger partial charge in [0, 0.05) is 6.04 Å². The van der Waals surface area contributed by atoms with Crippen LogP contribution < -0.4 is 5.32 Å². The fourth-order valence-electron chi connectivity index (χ4n) is 1.71. The fourth-order valence-corrected chi connectivity index (χ4v) is 3.25. The molecule has 0 aliphatic heterocycles. The summed E-state index contributed by atoms with van der Waals surface area (Å²) in [5.41, 5.74) is 0.233. The summed E-state index contributed by atoms with van der Waals surface area (Å²) in [4.78, 5) is 12.2. The van der Waals surface area contributed by atoms with Crippen molar-refractivity contribution < 1.29 is 13.2 Å². The zero-order valence-electron chi connectivity index (χ0n) is 11.6. The Morgan fingerprint density at radius 3 is 2.47 bits per heavy atom. The largest absolute Gasteiger partial charge is 0.350 e. The topological polar surface area (TPSA) is 63.2 Å². The van der Waals surface area contributed by atoms with Crippen molar-refractivity contribution in [2.45, 2.75) is 44.6 Å². The Kier molecular flexibility index (Phi) is 5.54. The molecule has 0 fully saturated rings. The minimum Gasteiger partial charge on any atom is -0.350 e. The Hall–Kier alpha value is -1.36. The predicted molar refractivity (Wildman–Crippen MR) is 76.0 cm³/mol. The van der Waals surface area contributed by atoms with E-state index in [1.165, 1.54) is 6.07 Å².